The second-order valence-electron chi connectivity index (χ2n) is 7.99. The van der Waals surface area contributed by atoms with Crippen LogP contribution in [0.3, 0.4) is 0 Å². The smallest absolute Gasteiger partial charge is 0.222 e. The van der Waals surface area contributed by atoms with Crippen LogP contribution in [-0.4, -0.2) is 33.4 Å². The number of nitrogens with zero attached hydrogens (tertiary/aromatic N) is 3. The summed E-state index contributed by atoms with van der Waals surface area (Å²) in [5.74, 6) is 1.72. The number of carbonyl (C=O) groups is 1. The molecule has 4 heteroatoms. The summed E-state index contributed by atoms with van der Waals surface area (Å²) in [4.78, 5) is 19.4. The van der Waals surface area contributed by atoms with Gasteiger partial charge in [-0.1, -0.05) is 60.7 Å². The zero-order valence-corrected chi connectivity index (χ0v) is 17.1. The fourth-order valence-electron chi connectivity index (χ4n) is 4.22. The zero-order chi connectivity index (χ0) is 20.1. The van der Waals surface area contributed by atoms with Gasteiger partial charge in [0.25, 0.3) is 0 Å². The largest absolute Gasteiger partial charge is 0.342 e. The minimum atomic E-state index is 0.279. The average Bonchev–Trinajstić information content (AvgIpc) is 3.37. The first kappa shape index (κ1) is 19.4. The van der Waals surface area contributed by atoms with Gasteiger partial charge in [-0.05, 0) is 37.3 Å². The van der Waals surface area contributed by atoms with E-state index in [-0.39, 0.29) is 5.91 Å². The normalized spacial score (nSPS) is 16.3. The van der Waals surface area contributed by atoms with E-state index in [0.29, 0.717) is 12.3 Å². The molecule has 0 radical (unpaired) electrons. The fraction of sp³-hybridized carbons (Fsp3) is 0.360. The van der Waals surface area contributed by atoms with E-state index in [1.54, 1.807) is 0 Å². The highest BCUT2D eigenvalue weighted by molar-refractivity contribution is 5.76. The van der Waals surface area contributed by atoms with Crippen LogP contribution < -0.4 is 0 Å². The van der Waals surface area contributed by atoms with Crippen molar-refractivity contribution in [1.82, 2.24) is 14.5 Å². The zero-order valence-electron chi connectivity index (χ0n) is 17.1. The first-order chi connectivity index (χ1) is 14.2. The standard InChI is InChI=1S/C25H29N3O/c1-20-17-26-25(28(20)18-22-11-6-3-7-12-22)23-15-16-27(19-23)24(29)14-8-13-21-9-4-2-5-10-21/h2-7,9-12,17,23H,8,13-16,18-19H2,1H3. The minimum absolute atomic E-state index is 0.279. The molecule has 0 spiro atoms. The fourth-order valence-corrected chi connectivity index (χ4v) is 4.22. The Morgan fingerprint density at radius 1 is 1.03 bits per heavy atom. The summed E-state index contributed by atoms with van der Waals surface area (Å²) in [6, 6.07) is 20.9. The predicted octanol–water partition coefficient (Wildman–Crippen LogP) is 4.58. The first-order valence-corrected chi connectivity index (χ1v) is 10.6. The average molecular weight is 388 g/mol. The van der Waals surface area contributed by atoms with Crippen molar-refractivity contribution in [3.63, 3.8) is 0 Å². The third-order valence-corrected chi connectivity index (χ3v) is 5.87. The lowest BCUT2D eigenvalue weighted by atomic mass is 10.1. The number of rotatable bonds is 7. The molecule has 2 heterocycles. The minimum Gasteiger partial charge on any atom is -0.342 e. The molecule has 0 N–H and O–H groups in total. The second-order valence-corrected chi connectivity index (χ2v) is 7.99. The van der Waals surface area contributed by atoms with Crippen LogP contribution in [0, 0.1) is 6.92 Å². The molecule has 1 aliphatic rings. The van der Waals surface area contributed by atoms with Gasteiger partial charge >= 0.3 is 0 Å². The molecule has 1 saturated heterocycles. The lowest BCUT2D eigenvalue weighted by molar-refractivity contribution is -0.130. The monoisotopic (exact) mass is 387 g/mol. The molecule has 1 aromatic heterocycles. The van der Waals surface area contributed by atoms with Crippen LogP contribution in [0.1, 0.15) is 47.8 Å². The van der Waals surface area contributed by atoms with E-state index in [1.165, 1.54) is 16.8 Å². The van der Waals surface area contributed by atoms with Crippen molar-refractivity contribution in [3.05, 3.63) is 89.5 Å². The number of hydrogen-bond acceptors (Lipinski definition) is 2. The lowest BCUT2D eigenvalue weighted by Crippen LogP contribution is -2.28. The molecule has 1 amide bonds. The van der Waals surface area contributed by atoms with Gasteiger partial charge in [0.05, 0.1) is 0 Å². The van der Waals surface area contributed by atoms with Crippen molar-refractivity contribution >= 4 is 5.91 Å². The second kappa shape index (κ2) is 9.08. The predicted molar refractivity (Wildman–Crippen MR) is 116 cm³/mol. The van der Waals surface area contributed by atoms with Gasteiger partial charge in [0.2, 0.25) is 5.91 Å². The Hall–Kier alpha value is -2.88. The molecule has 0 saturated carbocycles. The molecule has 29 heavy (non-hydrogen) atoms. The van der Waals surface area contributed by atoms with E-state index in [4.69, 9.17) is 4.98 Å². The lowest BCUT2D eigenvalue weighted by Gasteiger charge is -2.18. The van der Waals surface area contributed by atoms with Crippen molar-refractivity contribution in [2.45, 2.75) is 45.1 Å². The van der Waals surface area contributed by atoms with Crippen molar-refractivity contribution < 1.29 is 4.79 Å². The summed E-state index contributed by atoms with van der Waals surface area (Å²) in [5, 5.41) is 0. The molecule has 3 aromatic rings. The van der Waals surface area contributed by atoms with Gasteiger partial charge in [-0.2, -0.15) is 0 Å². The molecule has 2 aromatic carbocycles. The molecule has 4 rings (SSSR count). The summed E-state index contributed by atoms with van der Waals surface area (Å²) >= 11 is 0. The van der Waals surface area contributed by atoms with Gasteiger partial charge in [-0.25, -0.2) is 4.98 Å². The Morgan fingerprint density at radius 2 is 1.72 bits per heavy atom. The van der Waals surface area contributed by atoms with Crippen LogP contribution in [0.25, 0.3) is 0 Å². The number of benzene rings is 2. The summed E-state index contributed by atoms with van der Waals surface area (Å²) < 4.78 is 2.31. The summed E-state index contributed by atoms with van der Waals surface area (Å²) in [6.45, 7) is 4.58. The third-order valence-electron chi connectivity index (χ3n) is 5.87. The quantitative estimate of drug-likeness (QED) is 0.595. The summed E-state index contributed by atoms with van der Waals surface area (Å²) in [7, 11) is 0. The van der Waals surface area contributed by atoms with Crippen LogP contribution >= 0.6 is 0 Å². The summed E-state index contributed by atoms with van der Waals surface area (Å²) in [6.07, 6.45) is 5.45. The number of amides is 1. The summed E-state index contributed by atoms with van der Waals surface area (Å²) in [5.41, 5.74) is 3.76. The molecule has 1 aliphatic heterocycles. The van der Waals surface area contributed by atoms with Gasteiger partial charge in [0.15, 0.2) is 0 Å². The van der Waals surface area contributed by atoms with E-state index in [1.807, 2.05) is 23.2 Å². The Bertz CT molecular complexity index is 933. The first-order valence-electron chi connectivity index (χ1n) is 10.6. The van der Waals surface area contributed by atoms with Crippen LogP contribution in [0.5, 0.6) is 0 Å². The van der Waals surface area contributed by atoms with Crippen molar-refractivity contribution in [2.24, 2.45) is 0 Å². The number of imidazole rings is 1. The highest BCUT2D eigenvalue weighted by Gasteiger charge is 2.30. The topological polar surface area (TPSA) is 38.1 Å². The number of aryl methyl sites for hydroxylation is 2. The molecule has 0 bridgehead atoms. The maximum atomic E-state index is 12.7. The molecule has 1 unspecified atom stereocenters. The highest BCUT2D eigenvalue weighted by atomic mass is 16.2. The van der Waals surface area contributed by atoms with E-state index in [2.05, 4.69) is 60.0 Å². The molecule has 1 fully saturated rings. The van der Waals surface area contributed by atoms with Crippen LogP contribution in [0.4, 0.5) is 0 Å². The van der Waals surface area contributed by atoms with E-state index < -0.39 is 0 Å². The van der Waals surface area contributed by atoms with Gasteiger partial charge in [-0.3, -0.25) is 4.79 Å². The number of carbonyl (C=O) groups excluding carboxylic acids is 1. The number of likely N-dealkylation sites (tertiary alicyclic amines) is 1. The molecular formula is C25H29N3O. The van der Waals surface area contributed by atoms with Gasteiger partial charge in [0.1, 0.15) is 5.82 Å². The number of hydrogen-bond donors (Lipinski definition) is 0. The SMILES string of the molecule is Cc1cnc(C2CCN(C(=O)CCCc3ccccc3)C2)n1Cc1ccccc1. The van der Waals surface area contributed by atoms with E-state index >= 15 is 0 Å². The maximum Gasteiger partial charge on any atom is 0.222 e. The highest BCUT2D eigenvalue weighted by Crippen LogP contribution is 2.28. The molecule has 4 nitrogen and oxygen atoms in total. The van der Waals surface area contributed by atoms with E-state index in [0.717, 1.165) is 44.7 Å². The van der Waals surface area contributed by atoms with Crippen LogP contribution in [-0.2, 0) is 17.8 Å². The van der Waals surface area contributed by atoms with Gasteiger partial charge < -0.3 is 9.47 Å². The van der Waals surface area contributed by atoms with Crippen LogP contribution in [0.15, 0.2) is 66.9 Å². The van der Waals surface area contributed by atoms with Crippen LogP contribution in [0.2, 0.25) is 0 Å². The van der Waals surface area contributed by atoms with Crippen molar-refractivity contribution in [3.8, 4) is 0 Å². The number of aromatic nitrogens is 2. The van der Waals surface area contributed by atoms with E-state index in [9.17, 15) is 4.79 Å². The molecule has 150 valence electrons. The van der Waals surface area contributed by atoms with Gasteiger partial charge in [0, 0.05) is 43.9 Å². The van der Waals surface area contributed by atoms with Crippen molar-refractivity contribution in [2.75, 3.05) is 13.1 Å². The Morgan fingerprint density at radius 3 is 2.45 bits per heavy atom. The Labute approximate surface area is 173 Å². The van der Waals surface area contributed by atoms with Crippen molar-refractivity contribution in [1.29, 1.82) is 0 Å². The Kier molecular flexibility index (Phi) is 6.09. The Balaban J connectivity index is 1.34. The maximum absolute atomic E-state index is 12.7. The molecular weight excluding hydrogens is 358 g/mol. The molecule has 0 aliphatic carbocycles. The van der Waals surface area contributed by atoms with Gasteiger partial charge in [-0.15, -0.1) is 0 Å². The third kappa shape index (κ3) is 4.76. The molecule has 1 atom stereocenters.